The number of benzene rings is 1. The fourth-order valence-electron chi connectivity index (χ4n) is 1.58. The van der Waals surface area contributed by atoms with E-state index in [9.17, 15) is 4.79 Å². The molecule has 0 spiro atoms. The highest BCUT2D eigenvalue weighted by Gasteiger charge is 2.22. The lowest BCUT2D eigenvalue weighted by molar-refractivity contribution is -0.123. The Hall–Kier alpha value is -1.55. The second-order valence-corrected chi connectivity index (χ2v) is 4.54. The lowest BCUT2D eigenvalue weighted by atomic mass is 9.94. The Labute approximate surface area is 102 Å². The van der Waals surface area contributed by atoms with Crippen LogP contribution in [-0.4, -0.2) is 19.6 Å². The van der Waals surface area contributed by atoms with E-state index in [1.807, 2.05) is 38.1 Å². The van der Waals surface area contributed by atoms with E-state index >= 15 is 0 Å². The zero-order valence-corrected chi connectivity index (χ0v) is 10.6. The van der Waals surface area contributed by atoms with Gasteiger partial charge >= 0.3 is 0 Å². The highest BCUT2D eigenvalue weighted by molar-refractivity contribution is 5.77. The van der Waals surface area contributed by atoms with Crippen LogP contribution in [0.4, 0.5) is 5.69 Å². The van der Waals surface area contributed by atoms with Crippen LogP contribution in [-0.2, 0) is 15.1 Å². The summed E-state index contributed by atoms with van der Waals surface area (Å²) >= 11 is 0. The average molecular weight is 236 g/mol. The fraction of sp³-hybridized carbons (Fsp3) is 0.462. The van der Waals surface area contributed by atoms with E-state index in [-0.39, 0.29) is 5.91 Å². The fourth-order valence-corrected chi connectivity index (χ4v) is 1.58. The summed E-state index contributed by atoms with van der Waals surface area (Å²) in [6.45, 7) is 4.36. The molecule has 0 aromatic heterocycles. The van der Waals surface area contributed by atoms with Gasteiger partial charge in [0.05, 0.1) is 12.1 Å². The predicted molar refractivity (Wildman–Crippen MR) is 68.5 cm³/mol. The molecule has 4 heteroatoms. The Morgan fingerprint density at radius 3 is 2.47 bits per heavy atom. The van der Waals surface area contributed by atoms with Crippen molar-refractivity contribution in [2.45, 2.75) is 25.8 Å². The summed E-state index contributed by atoms with van der Waals surface area (Å²) in [5.74, 6) is -0.0197. The Morgan fingerprint density at radius 2 is 1.94 bits per heavy atom. The van der Waals surface area contributed by atoms with Gasteiger partial charge in [-0.2, -0.15) is 0 Å². The first kappa shape index (κ1) is 13.5. The van der Waals surface area contributed by atoms with Crippen molar-refractivity contribution >= 4 is 11.6 Å². The zero-order chi connectivity index (χ0) is 12.9. The molecule has 1 aromatic rings. The van der Waals surface area contributed by atoms with E-state index in [4.69, 9.17) is 10.5 Å². The minimum Gasteiger partial charge on any atom is -0.399 e. The molecule has 0 saturated carbocycles. The molecule has 0 bridgehead atoms. The molecule has 0 saturated heterocycles. The average Bonchev–Trinajstić information content (AvgIpc) is 2.26. The van der Waals surface area contributed by atoms with Crippen molar-refractivity contribution in [2.75, 3.05) is 19.5 Å². The molecule has 0 unspecified atom stereocenters. The van der Waals surface area contributed by atoms with Gasteiger partial charge in [-0.3, -0.25) is 4.79 Å². The first-order valence-corrected chi connectivity index (χ1v) is 5.61. The maximum atomic E-state index is 11.6. The smallest absolute Gasteiger partial charge is 0.222 e. The van der Waals surface area contributed by atoms with Gasteiger partial charge in [0.1, 0.15) is 0 Å². The van der Waals surface area contributed by atoms with Crippen LogP contribution < -0.4 is 11.1 Å². The Bertz CT molecular complexity index is 372. The first-order chi connectivity index (χ1) is 7.95. The van der Waals surface area contributed by atoms with Crippen molar-refractivity contribution in [1.82, 2.24) is 5.32 Å². The third-order valence-electron chi connectivity index (χ3n) is 2.62. The van der Waals surface area contributed by atoms with Crippen LogP contribution in [0.3, 0.4) is 0 Å². The van der Waals surface area contributed by atoms with Gasteiger partial charge in [0.2, 0.25) is 5.91 Å². The van der Waals surface area contributed by atoms with Crippen LogP contribution in [0.25, 0.3) is 0 Å². The second-order valence-electron chi connectivity index (χ2n) is 4.54. The number of rotatable bonds is 5. The summed E-state index contributed by atoms with van der Waals surface area (Å²) < 4.78 is 4.87. The number of carbonyl (C=O) groups is 1. The number of ether oxygens (including phenoxy) is 1. The normalized spacial score (nSPS) is 11.2. The van der Waals surface area contributed by atoms with E-state index in [0.29, 0.717) is 13.0 Å². The van der Waals surface area contributed by atoms with Crippen LogP contribution >= 0.6 is 0 Å². The van der Waals surface area contributed by atoms with Gasteiger partial charge in [-0.15, -0.1) is 0 Å². The molecule has 1 aromatic carbocycles. The standard InChI is InChI=1S/C13H20N2O2/c1-13(2,15-12(16)8-9-17-3)10-4-6-11(14)7-5-10/h4-7H,8-9,14H2,1-3H3,(H,15,16). The molecule has 0 aliphatic carbocycles. The van der Waals surface area contributed by atoms with Crippen molar-refractivity contribution in [3.63, 3.8) is 0 Å². The quantitative estimate of drug-likeness (QED) is 0.764. The number of hydrogen-bond acceptors (Lipinski definition) is 3. The minimum absolute atomic E-state index is 0.0197. The van der Waals surface area contributed by atoms with Crippen molar-refractivity contribution in [2.24, 2.45) is 0 Å². The highest BCUT2D eigenvalue weighted by Crippen LogP contribution is 2.21. The van der Waals surface area contributed by atoms with Crippen LogP contribution in [0.5, 0.6) is 0 Å². The summed E-state index contributed by atoms with van der Waals surface area (Å²) in [4.78, 5) is 11.6. The van der Waals surface area contributed by atoms with E-state index in [1.165, 1.54) is 0 Å². The predicted octanol–water partition coefficient (Wildman–Crippen LogP) is 1.66. The lowest BCUT2D eigenvalue weighted by Crippen LogP contribution is -2.41. The monoisotopic (exact) mass is 236 g/mol. The molecule has 94 valence electrons. The van der Waals surface area contributed by atoms with Crippen molar-refractivity contribution in [1.29, 1.82) is 0 Å². The SMILES string of the molecule is COCCC(=O)NC(C)(C)c1ccc(N)cc1. The van der Waals surface area contributed by atoms with E-state index in [1.54, 1.807) is 7.11 Å². The molecule has 0 radical (unpaired) electrons. The number of nitrogens with one attached hydrogen (secondary N) is 1. The molecule has 1 amide bonds. The molecule has 17 heavy (non-hydrogen) atoms. The minimum atomic E-state index is -0.404. The first-order valence-electron chi connectivity index (χ1n) is 5.61. The van der Waals surface area contributed by atoms with Gasteiger partial charge in [-0.1, -0.05) is 12.1 Å². The van der Waals surface area contributed by atoms with Gasteiger partial charge in [0.25, 0.3) is 0 Å². The highest BCUT2D eigenvalue weighted by atomic mass is 16.5. The van der Waals surface area contributed by atoms with Crippen LogP contribution in [0.2, 0.25) is 0 Å². The van der Waals surface area contributed by atoms with Gasteiger partial charge in [0.15, 0.2) is 0 Å². The molecule has 0 heterocycles. The second kappa shape index (κ2) is 5.68. The van der Waals surface area contributed by atoms with Crippen molar-refractivity contribution in [3.8, 4) is 0 Å². The number of hydrogen-bond donors (Lipinski definition) is 2. The molecular formula is C13H20N2O2. The number of nitrogens with two attached hydrogens (primary N) is 1. The van der Waals surface area contributed by atoms with Crippen LogP contribution in [0.1, 0.15) is 25.8 Å². The van der Waals surface area contributed by atoms with Crippen LogP contribution in [0, 0.1) is 0 Å². The summed E-state index contributed by atoms with van der Waals surface area (Å²) in [5, 5.41) is 2.97. The molecule has 0 atom stereocenters. The third-order valence-corrected chi connectivity index (χ3v) is 2.62. The maximum absolute atomic E-state index is 11.6. The summed E-state index contributed by atoms with van der Waals surface area (Å²) in [6.07, 6.45) is 0.370. The molecule has 0 fully saturated rings. The topological polar surface area (TPSA) is 64.3 Å². The number of methoxy groups -OCH3 is 1. The summed E-state index contributed by atoms with van der Waals surface area (Å²) in [5.41, 5.74) is 6.97. The molecule has 0 aliphatic rings. The molecule has 1 rings (SSSR count). The number of anilines is 1. The largest absolute Gasteiger partial charge is 0.399 e. The summed E-state index contributed by atoms with van der Waals surface area (Å²) in [6, 6.07) is 7.51. The van der Waals surface area contributed by atoms with Gasteiger partial charge in [0, 0.05) is 19.2 Å². The number of amides is 1. The number of nitrogen functional groups attached to an aromatic ring is 1. The van der Waals surface area contributed by atoms with E-state index in [2.05, 4.69) is 5.32 Å². The zero-order valence-electron chi connectivity index (χ0n) is 10.6. The molecule has 3 N–H and O–H groups in total. The lowest BCUT2D eigenvalue weighted by Gasteiger charge is -2.27. The molecular weight excluding hydrogens is 216 g/mol. The Kier molecular flexibility index (Phi) is 4.52. The Morgan fingerprint density at radius 1 is 1.35 bits per heavy atom. The maximum Gasteiger partial charge on any atom is 0.222 e. The number of carbonyl (C=O) groups excluding carboxylic acids is 1. The van der Waals surface area contributed by atoms with E-state index < -0.39 is 5.54 Å². The van der Waals surface area contributed by atoms with Gasteiger partial charge in [-0.25, -0.2) is 0 Å². The van der Waals surface area contributed by atoms with Crippen molar-refractivity contribution in [3.05, 3.63) is 29.8 Å². The van der Waals surface area contributed by atoms with Crippen molar-refractivity contribution < 1.29 is 9.53 Å². The van der Waals surface area contributed by atoms with Gasteiger partial charge in [-0.05, 0) is 31.5 Å². The molecule has 0 aliphatic heterocycles. The summed E-state index contributed by atoms with van der Waals surface area (Å²) in [7, 11) is 1.58. The third kappa shape index (κ3) is 4.07. The van der Waals surface area contributed by atoms with Crippen LogP contribution in [0.15, 0.2) is 24.3 Å². The molecule has 4 nitrogen and oxygen atoms in total. The van der Waals surface area contributed by atoms with E-state index in [0.717, 1.165) is 11.3 Å². The Balaban J connectivity index is 2.67. The van der Waals surface area contributed by atoms with Gasteiger partial charge < -0.3 is 15.8 Å².